The third-order valence-electron chi connectivity index (χ3n) is 9.24. The van der Waals surface area contributed by atoms with Crippen LogP contribution in [0, 0.1) is 0 Å². The number of oxazole rings is 1. The van der Waals surface area contributed by atoms with Crippen LogP contribution in [0.3, 0.4) is 0 Å². The number of imide groups is 1. The highest BCUT2D eigenvalue weighted by atomic mass is 19.4. The molecule has 6 N–H and O–H groups in total. The molecule has 0 bridgehead atoms. The normalized spacial score (nSPS) is 16.6. The van der Waals surface area contributed by atoms with Crippen molar-refractivity contribution >= 4 is 40.8 Å². The van der Waals surface area contributed by atoms with E-state index in [9.17, 15) is 37.5 Å². The fourth-order valence-electron chi connectivity index (χ4n) is 6.45. The first-order valence-corrected chi connectivity index (χ1v) is 19.0. The number of alkyl halides is 3. The molecule has 316 valence electrons. The average molecular weight is 827 g/mol. The Morgan fingerprint density at radius 3 is 2.53 bits per heavy atom. The van der Waals surface area contributed by atoms with Crippen LogP contribution in [0.1, 0.15) is 69.0 Å². The highest BCUT2D eigenvalue weighted by Gasteiger charge is 2.45. The summed E-state index contributed by atoms with van der Waals surface area (Å²) in [7, 11) is 1.72. The number of carbonyl (C=O) groups is 4. The number of anilines is 3. The summed E-state index contributed by atoms with van der Waals surface area (Å²) in [5, 5.41) is 27.9. The lowest BCUT2D eigenvalue weighted by Gasteiger charge is -2.31. The zero-order chi connectivity index (χ0) is 41.9. The van der Waals surface area contributed by atoms with Gasteiger partial charge in [0.2, 0.25) is 11.8 Å². The van der Waals surface area contributed by atoms with Crippen LogP contribution in [0.4, 0.5) is 30.4 Å². The Hall–Kier alpha value is -5.90. The minimum atomic E-state index is -4.41. The molecule has 0 spiro atoms. The first kappa shape index (κ1) is 42.7. The van der Waals surface area contributed by atoms with E-state index in [-0.39, 0.29) is 41.4 Å². The molecular formula is C38H45F3N10O8. The third kappa shape index (κ3) is 11.4. The number of aliphatic hydroxyl groups excluding tert-OH is 1. The number of aromatic nitrogens is 4. The van der Waals surface area contributed by atoms with Gasteiger partial charge >= 0.3 is 6.18 Å². The quantitative estimate of drug-likeness (QED) is 0.0524. The zero-order valence-electron chi connectivity index (χ0n) is 32.1. The third-order valence-corrected chi connectivity index (χ3v) is 9.24. The topological polar surface area (TPSA) is 227 Å². The van der Waals surface area contributed by atoms with Crippen molar-refractivity contribution in [1.82, 2.24) is 35.3 Å². The molecular weight excluding hydrogens is 781 g/mol. The number of hydrogen-bond donors (Lipinski definition) is 6. The van der Waals surface area contributed by atoms with Gasteiger partial charge < -0.3 is 45.6 Å². The fourth-order valence-corrected chi connectivity index (χ4v) is 6.45. The average Bonchev–Trinajstić information content (AvgIpc) is 3.90. The number of nitrogens with zero attached hydrogens (tertiary/aromatic N) is 5. The molecule has 0 saturated carbocycles. The predicted molar refractivity (Wildman–Crippen MR) is 205 cm³/mol. The van der Waals surface area contributed by atoms with Crippen molar-refractivity contribution in [3.63, 3.8) is 0 Å². The lowest BCUT2D eigenvalue weighted by molar-refractivity contribution is -0.131. The van der Waals surface area contributed by atoms with E-state index in [0.717, 1.165) is 17.6 Å². The van der Waals surface area contributed by atoms with Gasteiger partial charge in [-0.25, -0.2) is 9.97 Å². The second-order valence-corrected chi connectivity index (χ2v) is 13.8. The molecule has 2 aliphatic rings. The first-order chi connectivity index (χ1) is 28.4. The minimum absolute atomic E-state index is 0.0200. The van der Waals surface area contributed by atoms with Gasteiger partial charge in [-0.15, -0.1) is 0 Å². The first-order valence-electron chi connectivity index (χ1n) is 19.0. The van der Waals surface area contributed by atoms with Crippen molar-refractivity contribution in [1.29, 1.82) is 0 Å². The van der Waals surface area contributed by atoms with Crippen molar-refractivity contribution in [3.8, 4) is 11.5 Å². The number of pyridine rings is 1. The van der Waals surface area contributed by atoms with Crippen molar-refractivity contribution in [3.05, 3.63) is 71.5 Å². The molecule has 2 atom stereocenters. The van der Waals surface area contributed by atoms with E-state index in [1.807, 2.05) is 0 Å². The molecule has 6 rings (SSSR count). The Morgan fingerprint density at radius 2 is 1.76 bits per heavy atom. The molecule has 21 heteroatoms. The van der Waals surface area contributed by atoms with Gasteiger partial charge in [0.1, 0.15) is 30.9 Å². The maximum Gasteiger partial charge on any atom is 0.405 e. The minimum Gasteiger partial charge on any atom is -0.444 e. The maximum atomic E-state index is 13.2. The number of fused-ring (bicyclic) bond motifs is 1. The van der Waals surface area contributed by atoms with E-state index >= 15 is 0 Å². The Balaban J connectivity index is 0.818. The Bertz CT molecular complexity index is 2110. The van der Waals surface area contributed by atoms with Gasteiger partial charge in [-0.05, 0) is 62.9 Å². The molecule has 0 radical (unpaired) electrons. The predicted octanol–water partition coefficient (Wildman–Crippen LogP) is 3.29. The molecule has 59 heavy (non-hydrogen) atoms. The summed E-state index contributed by atoms with van der Waals surface area (Å²) in [6, 6.07) is 6.85. The molecule has 0 aliphatic carbocycles. The van der Waals surface area contributed by atoms with E-state index in [2.05, 4.69) is 41.7 Å². The van der Waals surface area contributed by atoms with Gasteiger partial charge in [-0.1, -0.05) is 6.07 Å². The highest BCUT2D eigenvalue weighted by Crippen LogP contribution is 2.32. The summed E-state index contributed by atoms with van der Waals surface area (Å²) in [5.74, 6) is -2.14. The van der Waals surface area contributed by atoms with Crippen LogP contribution in [0.5, 0.6) is 0 Å². The summed E-state index contributed by atoms with van der Waals surface area (Å²) in [6.45, 7) is 2.30. The maximum absolute atomic E-state index is 13.2. The van der Waals surface area contributed by atoms with Crippen LogP contribution in [-0.2, 0) is 27.9 Å². The van der Waals surface area contributed by atoms with Gasteiger partial charge in [-0.3, -0.25) is 28.8 Å². The van der Waals surface area contributed by atoms with Crippen LogP contribution in [0.2, 0.25) is 0 Å². The lowest BCUT2D eigenvalue weighted by atomic mass is 10.0. The van der Waals surface area contributed by atoms with E-state index in [4.69, 9.17) is 13.9 Å². The number of rotatable bonds is 21. The second-order valence-electron chi connectivity index (χ2n) is 13.8. The fraction of sp³-hybridized carbons (Fsp3) is 0.447. The van der Waals surface area contributed by atoms with Gasteiger partial charge in [0.05, 0.1) is 22.5 Å². The Morgan fingerprint density at radius 1 is 1.00 bits per heavy atom. The van der Waals surface area contributed by atoms with Crippen molar-refractivity contribution in [2.45, 2.75) is 57.1 Å². The van der Waals surface area contributed by atoms with E-state index in [1.54, 1.807) is 36.1 Å². The summed E-state index contributed by atoms with van der Waals surface area (Å²) >= 11 is 0. The number of halogens is 3. The summed E-state index contributed by atoms with van der Waals surface area (Å²) in [5.41, 5.74) is 2.37. The summed E-state index contributed by atoms with van der Waals surface area (Å²) in [4.78, 5) is 60.7. The van der Waals surface area contributed by atoms with Crippen LogP contribution in [0.25, 0.3) is 11.5 Å². The second kappa shape index (κ2) is 19.7. The monoisotopic (exact) mass is 826 g/mol. The summed E-state index contributed by atoms with van der Waals surface area (Å²) < 4.78 is 56.1. The molecule has 2 unspecified atom stereocenters. The van der Waals surface area contributed by atoms with Crippen LogP contribution < -0.4 is 26.6 Å². The largest absolute Gasteiger partial charge is 0.444 e. The van der Waals surface area contributed by atoms with Gasteiger partial charge in [0, 0.05) is 70.2 Å². The molecule has 18 nitrogen and oxygen atoms in total. The van der Waals surface area contributed by atoms with E-state index in [1.165, 1.54) is 18.3 Å². The van der Waals surface area contributed by atoms with Crippen molar-refractivity contribution in [2.24, 2.45) is 7.05 Å². The molecule has 1 fully saturated rings. The molecule has 3 aromatic heterocycles. The van der Waals surface area contributed by atoms with Crippen molar-refractivity contribution in [2.75, 3.05) is 62.0 Å². The van der Waals surface area contributed by atoms with Crippen molar-refractivity contribution < 1.29 is 51.3 Å². The molecule has 4 aromatic rings. The Labute approximate surface area is 336 Å². The molecule has 1 saturated heterocycles. The van der Waals surface area contributed by atoms with E-state index < -0.39 is 48.6 Å². The zero-order valence-corrected chi connectivity index (χ0v) is 32.1. The van der Waals surface area contributed by atoms with Gasteiger partial charge in [0.15, 0.2) is 5.69 Å². The standard InChI is InChI=1S/C38H45F3N10O8/c1-50-20-27(46-33(53)28-21-59-35(47-28)23-10-13-44-30(18-23)45-22-38(39,40)41)26(49-50)19-42-11-3-14-57-16-5-17-58-15-4-12-43-25-7-2-6-24-32(25)37(56)51(36(24)55)29-8-9-31(52)48-34(29)54/h2,6-7,10,13,18,20-21,29,31,42-43,52H,3-5,8-9,11-12,14-17,19,22H2,1H3,(H,44,45)(H,46,53)(H,48,54). The Kier molecular flexibility index (Phi) is 14.3. The number of nitrogens with one attached hydrogen (secondary N) is 5. The molecule has 4 amide bonds. The number of carbonyl (C=O) groups excluding carboxylic acids is 4. The number of piperidine rings is 1. The number of benzene rings is 1. The molecule has 2 aliphatic heterocycles. The van der Waals surface area contributed by atoms with Crippen LogP contribution in [0.15, 0.2) is 53.4 Å². The SMILES string of the molecule is Cn1cc(NC(=O)c2coc(-c3ccnc(NCC(F)(F)F)c3)n2)c(CNCCCOCCCOCCCNc2cccc3c2C(=O)N(C2CCC(O)NC2=O)C3=O)n1. The molecule has 5 heterocycles. The number of ether oxygens (including phenoxy) is 2. The van der Waals surface area contributed by atoms with E-state index in [0.29, 0.717) is 81.5 Å². The highest BCUT2D eigenvalue weighted by molar-refractivity contribution is 6.25. The smallest absolute Gasteiger partial charge is 0.405 e. The van der Waals surface area contributed by atoms with Gasteiger partial charge in [-0.2, -0.15) is 18.3 Å². The number of amides is 4. The van der Waals surface area contributed by atoms with Gasteiger partial charge in [0.25, 0.3) is 17.7 Å². The molecule has 1 aromatic carbocycles. The number of aliphatic hydroxyl groups is 1. The van der Waals surface area contributed by atoms with Crippen LogP contribution in [-0.4, -0.2) is 118 Å². The number of hydrogen-bond acceptors (Lipinski definition) is 14. The number of aryl methyl sites for hydroxylation is 1. The lowest BCUT2D eigenvalue weighted by Crippen LogP contribution is -2.55. The van der Waals surface area contributed by atoms with Crippen LogP contribution >= 0.6 is 0 Å². The summed E-state index contributed by atoms with van der Waals surface area (Å²) in [6.07, 6.45) is 1.25.